The lowest BCUT2D eigenvalue weighted by atomic mass is 9.98. The Hall–Kier alpha value is -3.61. The minimum absolute atomic E-state index is 0.0846. The van der Waals surface area contributed by atoms with Crippen LogP contribution in [0.25, 0.3) is 11.1 Å². The number of amides is 1. The van der Waals surface area contributed by atoms with E-state index in [0.717, 1.165) is 33.6 Å². The van der Waals surface area contributed by atoms with Gasteiger partial charge in [-0.2, -0.15) is 0 Å². The molecule has 160 valence electrons. The standard InChI is InChI=1S/C24H25N3O4/c1-3-12-27-15-25-13-21(27)22(23(28)29)26(2)24(30)31-14-20-18-10-6-4-8-16(18)17-9-5-7-11-19(17)20/h4-11,13,15,20,22H,3,12,14H2,1-2H3,(H,28,29). The maximum atomic E-state index is 12.8. The van der Waals surface area contributed by atoms with E-state index in [2.05, 4.69) is 17.1 Å². The largest absolute Gasteiger partial charge is 0.479 e. The summed E-state index contributed by atoms with van der Waals surface area (Å²) in [7, 11) is 1.45. The number of carbonyl (C=O) groups excluding carboxylic acids is 1. The summed E-state index contributed by atoms with van der Waals surface area (Å²) in [5, 5.41) is 9.81. The number of aromatic nitrogens is 2. The second kappa shape index (κ2) is 8.63. The molecular weight excluding hydrogens is 394 g/mol. The molecule has 3 aromatic rings. The lowest BCUT2D eigenvalue weighted by Crippen LogP contribution is -2.38. The van der Waals surface area contributed by atoms with Gasteiger partial charge < -0.3 is 14.4 Å². The minimum Gasteiger partial charge on any atom is -0.479 e. The van der Waals surface area contributed by atoms with Crippen molar-refractivity contribution in [3.05, 3.63) is 77.9 Å². The molecule has 0 saturated heterocycles. The zero-order valence-corrected chi connectivity index (χ0v) is 17.6. The summed E-state index contributed by atoms with van der Waals surface area (Å²) < 4.78 is 7.38. The number of carboxylic acid groups (broad SMARTS) is 1. The minimum atomic E-state index is -1.18. The van der Waals surface area contributed by atoms with Gasteiger partial charge in [0.1, 0.15) is 6.61 Å². The molecule has 1 amide bonds. The Morgan fingerprint density at radius 2 is 1.74 bits per heavy atom. The first-order valence-electron chi connectivity index (χ1n) is 10.3. The van der Waals surface area contributed by atoms with Gasteiger partial charge in [-0.25, -0.2) is 14.6 Å². The number of aliphatic carboxylic acids is 1. The molecule has 31 heavy (non-hydrogen) atoms. The number of aryl methyl sites for hydroxylation is 1. The molecule has 0 radical (unpaired) electrons. The van der Waals surface area contributed by atoms with Gasteiger partial charge >= 0.3 is 12.1 Å². The first-order chi connectivity index (χ1) is 15.0. The third-order valence-corrected chi connectivity index (χ3v) is 5.73. The van der Waals surface area contributed by atoms with E-state index < -0.39 is 18.1 Å². The highest BCUT2D eigenvalue weighted by Crippen LogP contribution is 2.44. The topological polar surface area (TPSA) is 84.7 Å². The lowest BCUT2D eigenvalue weighted by Gasteiger charge is -2.26. The fraction of sp³-hybridized carbons (Fsp3) is 0.292. The van der Waals surface area contributed by atoms with Crippen LogP contribution in [0.15, 0.2) is 61.1 Å². The van der Waals surface area contributed by atoms with Crippen molar-refractivity contribution in [3.63, 3.8) is 0 Å². The molecule has 2 aromatic carbocycles. The summed E-state index contributed by atoms with van der Waals surface area (Å²) in [4.78, 5) is 30.0. The second-order valence-corrected chi connectivity index (χ2v) is 7.67. The Morgan fingerprint density at radius 1 is 1.13 bits per heavy atom. The van der Waals surface area contributed by atoms with Gasteiger partial charge in [0.05, 0.1) is 18.2 Å². The maximum absolute atomic E-state index is 12.8. The maximum Gasteiger partial charge on any atom is 0.410 e. The van der Waals surface area contributed by atoms with Gasteiger partial charge in [-0.05, 0) is 28.7 Å². The predicted octanol–water partition coefficient (Wildman–Crippen LogP) is 4.30. The number of fused-ring (bicyclic) bond motifs is 3. The van der Waals surface area contributed by atoms with Gasteiger partial charge in [0, 0.05) is 19.5 Å². The smallest absolute Gasteiger partial charge is 0.410 e. The number of imidazole rings is 1. The number of likely N-dealkylation sites (N-methyl/N-ethyl adjacent to an activating group) is 1. The van der Waals surface area contributed by atoms with Gasteiger partial charge in [0.15, 0.2) is 6.04 Å². The Labute approximate surface area is 180 Å². The van der Waals surface area contributed by atoms with E-state index in [1.807, 2.05) is 43.3 Å². The first kappa shape index (κ1) is 20.7. The molecule has 1 N–H and O–H groups in total. The van der Waals surface area contributed by atoms with Crippen LogP contribution in [0, 0.1) is 0 Å². The summed E-state index contributed by atoms with van der Waals surface area (Å²) >= 11 is 0. The van der Waals surface area contributed by atoms with E-state index >= 15 is 0 Å². The summed E-state index contributed by atoms with van der Waals surface area (Å²) in [5.41, 5.74) is 4.94. The zero-order valence-electron chi connectivity index (χ0n) is 17.6. The second-order valence-electron chi connectivity index (χ2n) is 7.67. The lowest BCUT2D eigenvalue weighted by molar-refractivity contribution is -0.142. The third kappa shape index (κ3) is 3.79. The Balaban J connectivity index is 1.53. The number of carbonyl (C=O) groups is 2. The molecule has 0 bridgehead atoms. The molecule has 4 rings (SSSR count). The number of benzene rings is 2. The van der Waals surface area contributed by atoms with Crippen LogP contribution in [0.1, 0.15) is 42.1 Å². The van der Waals surface area contributed by atoms with Crippen molar-refractivity contribution in [2.75, 3.05) is 13.7 Å². The first-order valence-corrected chi connectivity index (χ1v) is 10.3. The van der Waals surface area contributed by atoms with Gasteiger partial charge in [-0.3, -0.25) is 4.90 Å². The summed E-state index contributed by atoms with van der Waals surface area (Å²) in [6.07, 6.45) is 3.21. The molecule has 0 saturated carbocycles. The van der Waals surface area contributed by atoms with Crippen LogP contribution < -0.4 is 0 Å². The highest BCUT2D eigenvalue weighted by atomic mass is 16.6. The van der Waals surface area contributed by atoms with Crippen molar-refractivity contribution in [2.24, 2.45) is 0 Å². The third-order valence-electron chi connectivity index (χ3n) is 5.73. The van der Waals surface area contributed by atoms with Crippen LogP contribution in [-0.4, -0.2) is 45.3 Å². The quantitative estimate of drug-likeness (QED) is 0.617. The van der Waals surface area contributed by atoms with Crippen molar-refractivity contribution in [1.82, 2.24) is 14.5 Å². The van der Waals surface area contributed by atoms with E-state index in [1.165, 1.54) is 13.2 Å². The van der Waals surface area contributed by atoms with Crippen molar-refractivity contribution < 1.29 is 19.4 Å². The van der Waals surface area contributed by atoms with Crippen molar-refractivity contribution in [2.45, 2.75) is 31.8 Å². The van der Waals surface area contributed by atoms with Crippen LogP contribution in [0.4, 0.5) is 4.79 Å². The highest BCUT2D eigenvalue weighted by Gasteiger charge is 2.34. The number of carboxylic acids is 1. The predicted molar refractivity (Wildman–Crippen MR) is 116 cm³/mol. The van der Waals surface area contributed by atoms with Crippen LogP contribution in [-0.2, 0) is 16.1 Å². The molecule has 0 spiro atoms. The van der Waals surface area contributed by atoms with Crippen LogP contribution in [0.3, 0.4) is 0 Å². The van der Waals surface area contributed by atoms with Crippen LogP contribution in [0.5, 0.6) is 0 Å². The Bertz CT molecular complexity index is 1060. The number of hydrogen-bond donors (Lipinski definition) is 1. The molecular formula is C24H25N3O4. The average molecular weight is 419 g/mol. The molecule has 1 heterocycles. The number of nitrogens with zero attached hydrogens (tertiary/aromatic N) is 3. The fourth-order valence-corrected chi connectivity index (χ4v) is 4.28. The van der Waals surface area contributed by atoms with Crippen molar-refractivity contribution in [1.29, 1.82) is 0 Å². The Morgan fingerprint density at radius 3 is 2.32 bits per heavy atom. The molecule has 0 aliphatic heterocycles. The molecule has 1 atom stereocenters. The monoisotopic (exact) mass is 419 g/mol. The van der Waals surface area contributed by atoms with Gasteiger partial charge in [-0.15, -0.1) is 0 Å². The summed E-state index contributed by atoms with van der Waals surface area (Å²) in [5.74, 6) is -1.22. The van der Waals surface area contributed by atoms with E-state index in [-0.39, 0.29) is 12.5 Å². The summed E-state index contributed by atoms with van der Waals surface area (Å²) in [6.45, 7) is 2.75. The van der Waals surface area contributed by atoms with Crippen LogP contribution in [0.2, 0.25) is 0 Å². The molecule has 0 fully saturated rings. The highest BCUT2D eigenvalue weighted by molar-refractivity contribution is 5.81. The van der Waals surface area contributed by atoms with Gasteiger partial charge in [-0.1, -0.05) is 55.5 Å². The van der Waals surface area contributed by atoms with E-state index in [0.29, 0.717) is 12.2 Å². The van der Waals surface area contributed by atoms with Crippen molar-refractivity contribution in [3.8, 4) is 11.1 Å². The van der Waals surface area contributed by atoms with E-state index in [9.17, 15) is 14.7 Å². The van der Waals surface area contributed by atoms with Crippen molar-refractivity contribution >= 4 is 12.1 Å². The average Bonchev–Trinajstić information content (AvgIpc) is 3.35. The van der Waals surface area contributed by atoms with Crippen LogP contribution >= 0.6 is 0 Å². The molecule has 1 aromatic heterocycles. The molecule has 7 heteroatoms. The van der Waals surface area contributed by atoms with Gasteiger partial charge in [0.25, 0.3) is 0 Å². The molecule has 1 aliphatic rings. The number of ether oxygens (including phenoxy) is 1. The SMILES string of the molecule is CCCn1cncc1C(C(=O)O)N(C)C(=O)OCC1c2ccccc2-c2ccccc21. The van der Waals surface area contributed by atoms with Gasteiger partial charge in [0.2, 0.25) is 0 Å². The Kier molecular flexibility index (Phi) is 5.75. The summed E-state index contributed by atoms with van der Waals surface area (Å²) in [6, 6.07) is 15.0. The number of rotatable bonds is 7. The zero-order chi connectivity index (χ0) is 22.0. The fourth-order valence-electron chi connectivity index (χ4n) is 4.28. The normalized spacial score (nSPS) is 13.4. The molecule has 1 aliphatic carbocycles. The molecule has 7 nitrogen and oxygen atoms in total. The van der Waals surface area contributed by atoms with E-state index in [1.54, 1.807) is 10.9 Å². The van der Waals surface area contributed by atoms with E-state index in [4.69, 9.17) is 4.74 Å². The molecule has 1 unspecified atom stereocenters. The number of hydrogen-bond acceptors (Lipinski definition) is 4.